The first-order valence-corrected chi connectivity index (χ1v) is 17.0. The number of carboxylic acid groups (broad SMARTS) is 2. The zero-order valence-electron chi connectivity index (χ0n) is 27.9. The van der Waals surface area contributed by atoms with E-state index < -0.39 is 69.5 Å². The number of amides is 2. The first kappa shape index (κ1) is 41.7. The fourth-order valence-corrected chi connectivity index (χ4v) is 6.20. The van der Waals surface area contributed by atoms with Crippen LogP contribution < -0.4 is 21.7 Å². The fraction of sp³-hybridized carbons (Fsp3) is 0.242. The van der Waals surface area contributed by atoms with Gasteiger partial charge in [-0.05, 0) is 85.5 Å². The maximum absolute atomic E-state index is 15.2. The predicted molar refractivity (Wildman–Crippen MR) is 186 cm³/mol. The largest absolute Gasteiger partial charge is 0.490 e. The van der Waals surface area contributed by atoms with Crippen LogP contribution in [0, 0.1) is 5.82 Å². The van der Waals surface area contributed by atoms with Gasteiger partial charge in [-0.2, -0.15) is 13.2 Å². The minimum atomic E-state index is -5.08. The van der Waals surface area contributed by atoms with Crippen molar-refractivity contribution in [2.45, 2.75) is 48.7 Å². The summed E-state index contributed by atoms with van der Waals surface area (Å²) in [5.74, 6) is -5.53. The van der Waals surface area contributed by atoms with Crippen molar-refractivity contribution in [3.8, 4) is 0 Å². The highest BCUT2D eigenvalue weighted by Gasteiger charge is 2.38. The number of nitrogens with two attached hydrogens (primary N) is 1. The first-order valence-electron chi connectivity index (χ1n) is 15.1. The third-order valence-electron chi connectivity index (χ3n) is 7.32. The maximum Gasteiger partial charge on any atom is 0.490 e. The van der Waals surface area contributed by atoms with E-state index in [9.17, 15) is 41.1 Å². The van der Waals surface area contributed by atoms with E-state index >= 15 is 4.39 Å². The molecule has 3 aromatic carbocycles. The van der Waals surface area contributed by atoms with Crippen LogP contribution in [0.4, 0.5) is 39.5 Å². The second-order valence-corrected chi connectivity index (χ2v) is 14.2. The van der Waals surface area contributed by atoms with Gasteiger partial charge in [0.25, 0.3) is 0 Å². The van der Waals surface area contributed by atoms with Crippen molar-refractivity contribution in [3.63, 3.8) is 0 Å². The molecule has 4 aromatic rings. The molecular formula is C33H32ClF4N5O9S. The molecule has 4 rings (SSSR count). The lowest BCUT2D eigenvalue weighted by Crippen LogP contribution is -2.38. The van der Waals surface area contributed by atoms with Gasteiger partial charge in [0.1, 0.15) is 17.7 Å². The SMILES string of the molecule is COC(=O)Nc1ccc(S(=O)(=O)C(C)C)c([C@@H](CC(=O)O)NC(=O)[C@H](Nc2ccc3c(N)nccc3c2)c2cc(Cl)ccc2F)c1.O=C(O)C(F)(F)F. The number of carboxylic acids is 2. The summed E-state index contributed by atoms with van der Waals surface area (Å²) in [5, 5.41) is 25.4. The van der Waals surface area contributed by atoms with Gasteiger partial charge in [-0.15, -0.1) is 0 Å². The molecule has 284 valence electrons. The second kappa shape index (κ2) is 17.2. The number of rotatable bonds is 11. The van der Waals surface area contributed by atoms with Gasteiger partial charge in [0, 0.05) is 33.5 Å². The van der Waals surface area contributed by atoms with Crippen molar-refractivity contribution in [2.24, 2.45) is 0 Å². The number of sulfone groups is 1. The van der Waals surface area contributed by atoms with Crippen molar-refractivity contribution < 1.29 is 60.1 Å². The average Bonchev–Trinajstić information content (AvgIpc) is 3.07. The van der Waals surface area contributed by atoms with E-state index in [1.54, 1.807) is 24.3 Å². The topological polar surface area (TPSA) is 227 Å². The van der Waals surface area contributed by atoms with Gasteiger partial charge >= 0.3 is 24.2 Å². The summed E-state index contributed by atoms with van der Waals surface area (Å²) in [4.78, 5) is 50.7. The van der Waals surface area contributed by atoms with E-state index in [0.717, 1.165) is 13.2 Å². The van der Waals surface area contributed by atoms with Crippen LogP contribution in [0.3, 0.4) is 0 Å². The molecule has 1 aromatic heterocycles. The number of alkyl halides is 3. The van der Waals surface area contributed by atoms with Gasteiger partial charge in [-0.3, -0.25) is 14.9 Å². The van der Waals surface area contributed by atoms with Gasteiger partial charge in [0.2, 0.25) is 5.91 Å². The summed E-state index contributed by atoms with van der Waals surface area (Å²) < 4.78 is 78.3. The predicted octanol–water partition coefficient (Wildman–Crippen LogP) is 6.09. The Morgan fingerprint density at radius 3 is 2.19 bits per heavy atom. The van der Waals surface area contributed by atoms with Crippen molar-refractivity contribution in [1.29, 1.82) is 0 Å². The van der Waals surface area contributed by atoms with Crippen molar-refractivity contribution in [3.05, 3.63) is 88.8 Å². The smallest absolute Gasteiger partial charge is 0.481 e. The van der Waals surface area contributed by atoms with Crippen LogP contribution in [0.5, 0.6) is 0 Å². The number of methoxy groups -OCH3 is 1. The number of ether oxygens (including phenoxy) is 1. The van der Waals surface area contributed by atoms with Crippen LogP contribution in [-0.2, 0) is 29.0 Å². The lowest BCUT2D eigenvalue weighted by Gasteiger charge is -2.26. The van der Waals surface area contributed by atoms with Gasteiger partial charge in [-0.25, -0.2) is 27.4 Å². The van der Waals surface area contributed by atoms with E-state index in [4.69, 9.17) is 27.2 Å². The number of halogens is 5. The molecule has 0 saturated carbocycles. The van der Waals surface area contributed by atoms with Crippen molar-refractivity contribution >= 4 is 73.3 Å². The van der Waals surface area contributed by atoms with Crippen LogP contribution in [0.15, 0.2) is 71.8 Å². The number of aliphatic carboxylic acids is 2. The highest BCUT2D eigenvalue weighted by atomic mass is 35.5. The van der Waals surface area contributed by atoms with Crippen LogP contribution in [0.2, 0.25) is 5.02 Å². The number of anilines is 3. The molecule has 0 aliphatic heterocycles. The molecule has 0 unspecified atom stereocenters. The van der Waals surface area contributed by atoms with E-state index in [2.05, 4.69) is 25.7 Å². The molecule has 0 aliphatic rings. The third kappa shape index (κ3) is 10.9. The van der Waals surface area contributed by atoms with E-state index in [1.807, 2.05) is 0 Å². The van der Waals surface area contributed by atoms with Gasteiger partial charge in [0.05, 0.1) is 29.7 Å². The molecule has 20 heteroatoms. The monoisotopic (exact) mass is 785 g/mol. The molecule has 2 amide bonds. The average molecular weight is 786 g/mol. The summed E-state index contributed by atoms with van der Waals surface area (Å²) in [7, 11) is -2.90. The quantitative estimate of drug-likeness (QED) is 0.0950. The molecule has 7 N–H and O–H groups in total. The van der Waals surface area contributed by atoms with Gasteiger partial charge in [-0.1, -0.05) is 11.6 Å². The normalized spacial score (nSPS) is 12.5. The standard InChI is InChI=1S/C31H31ClFN5O7S.C2HF3O2/c1-16(2)46(43,44)26-9-6-20(37-31(42)45-3)14-23(26)25(15-27(39)40)38-30(41)28(22-13-18(32)4-8-24(22)33)36-19-5-7-21-17(12-19)10-11-35-29(21)34;3-2(4,5)1(6)7/h4-14,16,25,28,36H,15H2,1-3H3,(H2,34,35)(H,37,42)(H,38,41)(H,39,40);(H,6,7)/t25-,28-;/m1./s1. The number of nitrogens with one attached hydrogen (secondary N) is 3. The Kier molecular flexibility index (Phi) is 13.6. The number of fused-ring (bicyclic) bond motifs is 1. The molecule has 0 spiro atoms. The summed E-state index contributed by atoms with van der Waals surface area (Å²) in [5.41, 5.74) is 6.14. The Morgan fingerprint density at radius 2 is 1.60 bits per heavy atom. The molecule has 0 saturated heterocycles. The highest BCUT2D eigenvalue weighted by Crippen LogP contribution is 2.33. The fourth-order valence-electron chi connectivity index (χ4n) is 4.73. The molecule has 14 nitrogen and oxygen atoms in total. The van der Waals surface area contributed by atoms with Crippen LogP contribution in [0.25, 0.3) is 10.8 Å². The van der Waals surface area contributed by atoms with Crippen LogP contribution >= 0.6 is 11.6 Å². The number of hydrogen-bond donors (Lipinski definition) is 6. The second-order valence-electron chi connectivity index (χ2n) is 11.3. The van der Waals surface area contributed by atoms with Crippen molar-refractivity contribution in [1.82, 2.24) is 10.3 Å². The number of carbonyl (C=O) groups is 4. The molecular weight excluding hydrogens is 754 g/mol. The number of aromatic nitrogens is 1. The number of benzene rings is 3. The van der Waals surface area contributed by atoms with E-state index in [0.29, 0.717) is 16.5 Å². The molecule has 2 atom stereocenters. The molecule has 1 heterocycles. The number of pyridine rings is 1. The Hall–Kier alpha value is -5.69. The number of carbonyl (C=O) groups excluding carboxylic acids is 2. The highest BCUT2D eigenvalue weighted by molar-refractivity contribution is 7.92. The minimum absolute atomic E-state index is 0.0784. The summed E-state index contributed by atoms with van der Waals surface area (Å²) in [6.07, 6.45) is -5.20. The summed E-state index contributed by atoms with van der Waals surface area (Å²) in [6.45, 7) is 2.89. The van der Waals surface area contributed by atoms with E-state index in [-0.39, 0.29) is 32.6 Å². The number of hydrogen-bond acceptors (Lipinski definition) is 10. The number of nitrogens with zero attached hydrogens (tertiary/aromatic N) is 1. The van der Waals surface area contributed by atoms with Crippen molar-refractivity contribution in [2.75, 3.05) is 23.5 Å². The first-order chi connectivity index (χ1) is 24.6. The van der Waals surface area contributed by atoms with E-state index in [1.165, 1.54) is 50.4 Å². The van der Waals surface area contributed by atoms with Crippen LogP contribution in [0.1, 0.15) is 43.5 Å². The lowest BCUT2D eigenvalue weighted by atomic mass is 10.00. The lowest BCUT2D eigenvalue weighted by molar-refractivity contribution is -0.192. The molecule has 0 radical (unpaired) electrons. The zero-order valence-corrected chi connectivity index (χ0v) is 29.4. The number of nitrogen functional groups attached to an aromatic ring is 1. The molecule has 0 aliphatic carbocycles. The Bertz CT molecular complexity index is 2140. The molecule has 0 fully saturated rings. The van der Waals surface area contributed by atoms with Gasteiger partial charge in [0.15, 0.2) is 9.84 Å². The Labute approximate surface area is 304 Å². The zero-order chi connectivity index (χ0) is 39.8. The third-order valence-corrected chi connectivity index (χ3v) is 9.78. The minimum Gasteiger partial charge on any atom is -0.481 e. The Morgan fingerprint density at radius 1 is 0.962 bits per heavy atom. The summed E-state index contributed by atoms with van der Waals surface area (Å²) >= 11 is 6.17. The molecule has 53 heavy (non-hydrogen) atoms. The van der Waals surface area contributed by atoms with Crippen LogP contribution in [-0.4, -0.2) is 66.1 Å². The maximum atomic E-state index is 15.2. The van der Waals surface area contributed by atoms with Gasteiger partial charge < -0.3 is 31.3 Å². The summed E-state index contributed by atoms with van der Waals surface area (Å²) in [6, 6.07) is 11.1. The molecule has 0 bridgehead atoms. The Balaban J connectivity index is 0.000000980.